The Morgan fingerprint density at radius 2 is 2.00 bits per heavy atom. The predicted molar refractivity (Wildman–Crippen MR) is 73.5 cm³/mol. The molecule has 0 unspecified atom stereocenters. The molecular weight excluding hydrogens is 265 g/mol. The molecule has 3 rings (SSSR count). The molecule has 0 radical (unpaired) electrons. The second kappa shape index (κ2) is 4.67. The zero-order valence-electron chi connectivity index (χ0n) is 10.0. The molecule has 19 heavy (non-hydrogen) atoms. The summed E-state index contributed by atoms with van der Waals surface area (Å²) in [5.74, 6) is -0.856. The molecule has 2 nitrogen and oxygen atoms in total. The molecule has 0 saturated carbocycles. The molecular formula is C15H11ClFNO. The highest BCUT2D eigenvalue weighted by Gasteiger charge is 2.22. The number of ketones is 1. The minimum Gasteiger partial charge on any atom is -0.384 e. The molecule has 0 fully saturated rings. The minimum absolute atomic E-state index is 0.0701. The van der Waals surface area contributed by atoms with Crippen molar-refractivity contribution in [3.05, 3.63) is 63.9 Å². The fourth-order valence-electron chi connectivity index (χ4n) is 2.36. The first-order valence-corrected chi connectivity index (χ1v) is 6.40. The van der Waals surface area contributed by atoms with Gasteiger partial charge in [0.1, 0.15) is 5.82 Å². The molecule has 1 N–H and O–H groups in total. The van der Waals surface area contributed by atoms with Crippen LogP contribution in [0.15, 0.2) is 36.4 Å². The number of benzene rings is 2. The molecule has 0 amide bonds. The van der Waals surface area contributed by atoms with Crippen molar-refractivity contribution in [2.45, 2.75) is 6.42 Å². The maximum absolute atomic E-state index is 13.7. The van der Waals surface area contributed by atoms with Crippen molar-refractivity contribution >= 4 is 23.1 Å². The van der Waals surface area contributed by atoms with E-state index in [-0.39, 0.29) is 11.3 Å². The van der Waals surface area contributed by atoms with Crippen molar-refractivity contribution in [3.8, 4) is 0 Å². The van der Waals surface area contributed by atoms with Crippen molar-refractivity contribution in [1.29, 1.82) is 0 Å². The first-order chi connectivity index (χ1) is 9.16. The molecule has 0 aromatic heterocycles. The molecule has 0 spiro atoms. The molecule has 0 saturated heterocycles. The maximum atomic E-state index is 13.7. The van der Waals surface area contributed by atoms with Gasteiger partial charge in [-0.3, -0.25) is 4.79 Å². The highest BCUT2D eigenvalue weighted by atomic mass is 35.5. The second-order valence-corrected chi connectivity index (χ2v) is 4.91. The molecule has 96 valence electrons. The van der Waals surface area contributed by atoms with Crippen molar-refractivity contribution in [3.63, 3.8) is 0 Å². The van der Waals surface area contributed by atoms with Gasteiger partial charge in [-0.15, -0.1) is 0 Å². The van der Waals surface area contributed by atoms with Crippen molar-refractivity contribution in [1.82, 2.24) is 0 Å². The molecule has 0 bridgehead atoms. The van der Waals surface area contributed by atoms with Gasteiger partial charge in [-0.2, -0.15) is 0 Å². The first-order valence-electron chi connectivity index (χ1n) is 6.02. The van der Waals surface area contributed by atoms with Crippen LogP contribution in [-0.4, -0.2) is 12.3 Å². The number of nitrogens with one attached hydrogen (secondary N) is 1. The number of halogens is 2. The van der Waals surface area contributed by atoms with Crippen LogP contribution in [0.2, 0.25) is 5.02 Å². The largest absolute Gasteiger partial charge is 0.384 e. The molecule has 2 aromatic rings. The Bertz CT molecular complexity index is 669. The Morgan fingerprint density at radius 3 is 2.79 bits per heavy atom. The quantitative estimate of drug-likeness (QED) is 0.847. The van der Waals surface area contributed by atoms with Gasteiger partial charge in [0.15, 0.2) is 5.78 Å². The molecule has 1 aliphatic rings. The van der Waals surface area contributed by atoms with Crippen molar-refractivity contribution < 1.29 is 9.18 Å². The van der Waals surface area contributed by atoms with Crippen molar-refractivity contribution in [2.24, 2.45) is 0 Å². The third-order valence-electron chi connectivity index (χ3n) is 3.24. The highest BCUT2D eigenvalue weighted by Crippen LogP contribution is 2.32. The van der Waals surface area contributed by atoms with Crippen LogP contribution in [0.25, 0.3) is 0 Å². The van der Waals surface area contributed by atoms with E-state index in [0.29, 0.717) is 10.6 Å². The summed E-state index contributed by atoms with van der Waals surface area (Å²) >= 11 is 6.03. The topological polar surface area (TPSA) is 29.1 Å². The summed E-state index contributed by atoms with van der Waals surface area (Å²) in [6.07, 6.45) is 0.827. The number of fused-ring (bicyclic) bond motifs is 1. The summed E-state index contributed by atoms with van der Waals surface area (Å²) in [5.41, 5.74) is 2.29. The minimum atomic E-state index is -0.515. The second-order valence-electron chi connectivity index (χ2n) is 4.47. The third-order valence-corrected chi connectivity index (χ3v) is 3.46. The summed E-state index contributed by atoms with van der Waals surface area (Å²) in [7, 11) is 0. The Balaban J connectivity index is 2.13. The van der Waals surface area contributed by atoms with Crippen molar-refractivity contribution in [2.75, 3.05) is 11.9 Å². The zero-order valence-corrected chi connectivity index (χ0v) is 10.8. The summed E-state index contributed by atoms with van der Waals surface area (Å²) in [5, 5.41) is 3.67. The average Bonchev–Trinajstić information content (AvgIpc) is 2.85. The SMILES string of the molecule is O=C(c1ccccc1F)c1cc(Cl)cc2c1NCC2. The lowest BCUT2D eigenvalue weighted by atomic mass is 9.99. The van der Waals surface area contributed by atoms with E-state index >= 15 is 0 Å². The van der Waals surface area contributed by atoms with E-state index in [1.54, 1.807) is 18.2 Å². The van der Waals surface area contributed by atoms with E-state index in [0.717, 1.165) is 24.2 Å². The van der Waals surface area contributed by atoms with Crippen LogP contribution in [0, 0.1) is 5.82 Å². The Kier molecular flexibility index (Phi) is 2.99. The van der Waals surface area contributed by atoms with Gasteiger partial charge in [0.25, 0.3) is 0 Å². The number of carbonyl (C=O) groups is 1. The number of anilines is 1. The molecule has 4 heteroatoms. The summed E-state index contributed by atoms with van der Waals surface area (Å²) in [6.45, 7) is 0.771. The maximum Gasteiger partial charge on any atom is 0.198 e. The van der Waals surface area contributed by atoms with Crippen LogP contribution in [0.5, 0.6) is 0 Å². The number of hydrogen-bond acceptors (Lipinski definition) is 2. The standard InChI is InChI=1S/C15H11ClFNO/c16-10-7-9-5-6-18-14(9)12(8-10)15(19)11-3-1-2-4-13(11)17/h1-4,7-8,18H,5-6H2. The van der Waals surface area contributed by atoms with E-state index in [2.05, 4.69) is 5.32 Å². The summed E-state index contributed by atoms with van der Waals surface area (Å²) in [6, 6.07) is 9.41. The van der Waals surface area contributed by atoms with Crippen LogP contribution < -0.4 is 5.32 Å². The number of rotatable bonds is 2. The molecule has 0 aliphatic carbocycles. The van der Waals surface area contributed by atoms with E-state index in [1.807, 2.05) is 6.07 Å². The van der Waals surface area contributed by atoms with E-state index in [9.17, 15) is 9.18 Å². The molecule has 2 aromatic carbocycles. The monoisotopic (exact) mass is 275 g/mol. The first kappa shape index (κ1) is 12.2. The summed E-state index contributed by atoms with van der Waals surface area (Å²) < 4.78 is 13.7. The lowest BCUT2D eigenvalue weighted by Crippen LogP contribution is -2.07. The van der Waals surface area contributed by atoms with Gasteiger partial charge in [-0.1, -0.05) is 23.7 Å². The number of hydrogen-bond donors (Lipinski definition) is 1. The van der Waals surface area contributed by atoms with Gasteiger partial charge >= 0.3 is 0 Å². The Hall–Kier alpha value is -1.87. The Morgan fingerprint density at radius 1 is 1.21 bits per heavy atom. The Labute approximate surface area is 115 Å². The average molecular weight is 276 g/mol. The normalized spacial score (nSPS) is 12.9. The lowest BCUT2D eigenvalue weighted by molar-refractivity contribution is 0.103. The van der Waals surface area contributed by atoms with Crippen LogP contribution in [0.4, 0.5) is 10.1 Å². The van der Waals surface area contributed by atoms with Gasteiger partial charge in [-0.05, 0) is 36.2 Å². The van der Waals surface area contributed by atoms with Crippen LogP contribution in [0.3, 0.4) is 0 Å². The van der Waals surface area contributed by atoms with Gasteiger partial charge < -0.3 is 5.32 Å². The smallest absolute Gasteiger partial charge is 0.198 e. The van der Waals surface area contributed by atoms with Crippen LogP contribution in [0.1, 0.15) is 21.5 Å². The zero-order chi connectivity index (χ0) is 13.4. The molecule has 0 atom stereocenters. The van der Waals surface area contributed by atoms with Gasteiger partial charge in [0, 0.05) is 22.8 Å². The van der Waals surface area contributed by atoms with Gasteiger partial charge in [0.05, 0.1) is 5.56 Å². The molecule has 1 heterocycles. The predicted octanol–water partition coefficient (Wildman–Crippen LogP) is 3.68. The third kappa shape index (κ3) is 2.10. The van der Waals surface area contributed by atoms with E-state index in [4.69, 9.17) is 11.6 Å². The number of carbonyl (C=O) groups excluding carboxylic acids is 1. The summed E-state index contributed by atoms with van der Waals surface area (Å²) in [4.78, 5) is 12.4. The fourth-order valence-corrected chi connectivity index (χ4v) is 2.60. The van der Waals surface area contributed by atoms with E-state index < -0.39 is 5.82 Å². The van der Waals surface area contributed by atoms with Crippen LogP contribution >= 0.6 is 11.6 Å². The molecule has 1 aliphatic heterocycles. The highest BCUT2D eigenvalue weighted by molar-refractivity contribution is 6.31. The van der Waals surface area contributed by atoms with Gasteiger partial charge in [-0.25, -0.2) is 4.39 Å². The lowest BCUT2D eigenvalue weighted by Gasteiger charge is -2.09. The fraction of sp³-hybridized carbons (Fsp3) is 0.133. The van der Waals surface area contributed by atoms with Gasteiger partial charge in [0.2, 0.25) is 0 Å². The van der Waals surface area contributed by atoms with E-state index in [1.165, 1.54) is 12.1 Å². The van der Waals surface area contributed by atoms with Crippen LogP contribution in [-0.2, 0) is 6.42 Å².